The van der Waals surface area contributed by atoms with Gasteiger partial charge in [-0.05, 0) is 19.3 Å². The van der Waals surface area contributed by atoms with Gasteiger partial charge in [-0.3, -0.25) is 4.79 Å². The molecule has 1 aliphatic heterocycles. The minimum absolute atomic E-state index is 0.0807. The van der Waals surface area contributed by atoms with Crippen molar-refractivity contribution in [1.29, 1.82) is 0 Å². The van der Waals surface area contributed by atoms with Crippen molar-refractivity contribution in [2.24, 2.45) is 0 Å². The van der Waals surface area contributed by atoms with Gasteiger partial charge < -0.3 is 9.47 Å². The number of carbonyl (C=O) groups is 1. The standard InChI is InChI=1S/C10H15N3O3/c14-8-9-7-13(12-11-9)4-6-16-10-3-1-2-5-15-10/h7-8,10H,1-6H2. The zero-order valence-electron chi connectivity index (χ0n) is 9.04. The first-order valence-corrected chi connectivity index (χ1v) is 5.47. The lowest BCUT2D eigenvalue weighted by Crippen LogP contribution is -2.24. The average molecular weight is 225 g/mol. The van der Waals surface area contributed by atoms with Gasteiger partial charge in [-0.25, -0.2) is 4.68 Å². The third kappa shape index (κ3) is 3.11. The molecule has 1 aromatic rings. The van der Waals surface area contributed by atoms with Gasteiger partial charge in [0.25, 0.3) is 0 Å². The molecule has 0 bridgehead atoms. The molecular formula is C10H15N3O3. The van der Waals surface area contributed by atoms with E-state index in [-0.39, 0.29) is 6.29 Å². The monoisotopic (exact) mass is 225 g/mol. The predicted molar refractivity (Wildman–Crippen MR) is 55.0 cm³/mol. The molecule has 16 heavy (non-hydrogen) atoms. The summed E-state index contributed by atoms with van der Waals surface area (Å²) < 4.78 is 12.5. The molecule has 1 aliphatic rings. The Kier molecular flexibility index (Phi) is 4.01. The molecule has 2 heterocycles. The number of nitrogens with zero attached hydrogens (tertiary/aromatic N) is 3. The van der Waals surface area contributed by atoms with Crippen molar-refractivity contribution < 1.29 is 14.3 Å². The maximum atomic E-state index is 10.4. The largest absolute Gasteiger partial charge is 0.353 e. The van der Waals surface area contributed by atoms with Crippen molar-refractivity contribution in [3.63, 3.8) is 0 Å². The van der Waals surface area contributed by atoms with Crippen molar-refractivity contribution in [1.82, 2.24) is 15.0 Å². The van der Waals surface area contributed by atoms with Crippen LogP contribution in [0.15, 0.2) is 6.20 Å². The highest BCUT2D eigenvalue weighted by atomic mass is 16.7. The lowest BCUT2D eigenvalue weighted by atomic mass is 10.2. The van der Waals surface area contributed by atoms with E-state index in [1.807, 2.05) is 0 Å². The van der Waals surface area contributed by atoms with E-state index in [4.69, 9.17) is 9.47 Å². The van der Waals surface area contributed by atoms with E-state index >= 15 is 0 Å². The fourth-order valence-corrected chi connectivity index (χ4v) is 1.60. The Balaban J connectivity index is 1.68. The van der Waals surface area contributed by atoms with E-state index in [0.29, 0.717) is 25.1 Å². The third-order valence-corrected chi connectivity index (χ3v) is 2.44. The molecule has 1 fully saturated rings. The maximum Gasteiger partial charge on any atom is 0.171 e. The van der Waals surface area contributed by atoms with Gasteiger partial charge in [-0.2, -0.15) is 0 Å². The summed E-state index contributed by atoms with van der Waals surface area (Å²) in [6, 6.07) is 0. The van der Waals surface area contributed by atoms with Crippen LogP contribution in [0.5, 0.6) is 0 Å². The van der Waals surface area contributed by atoms with E-state index in [1.54, 1.807) is 10.9 Å². The van der Waals surface area contributed by atoms with Gasteiger partial charge in [0.1, 0.15) is 5.69 Å². The molecule has 6 nitrogen and oxygen atoms in total. The Morgan fingerprint density at radius 2 is 2.56 bits per heavy atom. The Bertz CT molecular complexity index is 334. The van der Waals surface area contributed by atoms with Crippen molar-refractivity contribution in [3.05, 3.63) is 11.9 Å². The van der Waals surface area contributed by atoms with Crippen molar-refractivity contribution in [2.75, 3.05) is 13.2 Å². The molecule has 0 saturated carbocycles. The minimum atomic E-state index is -0.0807. The van der Waals surface area contributed by atoms with Crippen LogP contribution >= 0.6 is 0 Å². The first kappa shape index (κ1) is 11.2. The molecule has 1 atom stereocenters. The molecule has 0 aliphatic carbocycles. The average Bonchev–Trinajstić information content (AvgIpc) is 2.78. The van der Waals surface area contributed by atoms with E-state index in [1.165, 1.54) is 0 Å². The molecule has 2 rings (SSSR count). The van der Waals surface area contributed by atoms with Gasteiger partial charge in [0.05, 0.1) is 19.3 Å². The second-order valence-corrected chi connectivity index (χ2v) is 3.69. The molecular weight excluding hydrogens is 210 g/mol. The zero-order chi connectivity index (χ0) is 11.2. The number of hydrogen-bond donors (Lipinski definition) is 0. The number of carbonyl (C=O) groups excluding carboxylic acids is 1. The van der Waals surface area contributed by atoms with Gasteiger partial charge in [-0.15, -0.1) is 5.10 Å². The maximum absolute atomic E-state index is 10.4. The summed E-state index contributed by atoms with van der Waals surface area (Å²) in [4.78, 5) is 10.4. The van der Waals surface area contributed by atoms with Crippen LogP contribution in [-0.2, 0) is 16.0 Å². The molecule has 1 aromatic heterocycles. The molecule has 6 heteroatoms. The topological polar surface area (TPSA) is 66.2 Å². The summed E-state index contributed by atoms with van der Waals surface area (Å²) in [7, 11) is 0. The first-order valence-electron chi connectivity index (χ1n) is 5.47. The van der Waals surface area contributed by atoms with E-state index < -0.39 is 0 Å². The molecule has 0 aromatic carbocycles. The van der Waals surface area contributed by atoms with Gasteiger partial charge in [0.15, 0.2) is 12.6 Å². The Hall–Kier alpha value is -1.27. The number of aldehydes is 1. The minimum Gasteiger partial charge on any atom is -0.353 e. The summed E-state index contributed by atoms with van der Waals surface area (Å²) >= 11 is 0. The Morgan fingerprint density at radius 1 is 1.62 bits per heavy atom. The van der Waals surface area contributed by atoms with Crippen molar-refractivity contribution in [3.8, 4) is 0 Å². The molecule has 0 amide bonds. The lowest BCUT2D eigenvalue weighted by molar-refractivity contribution is -0.163. The zero-order valence-corrected chi connectivity index (χ0v) is 9.04. The van der Waals surface area contributed by atoms with Crippen molar-refractivity contribution >= 4 is 6.29 Å². The summed E-state index contributed by atoms with van der Waals surface area (Å²) in [6.45, 7) is 1.89. The molecule has 1 saturated heterocycles. The quantitative estimate of drug-likeness (QED) is 0.688. The summed E-state index contributed by atoms with van der Waals surface area (Å²) in [6.07, 6.45) is 5.42. The first-order chi connectivity index (χ1) is 7.88. The van der Waals surface area contributed by atoms with Gasteiger partial charge in [-0.1, -0.05) is 5.21 Å². The van der Waals surface area contributed by atoms with Gasteiger partial charge in [0.2, 0.25) is 0 Å². The summed E-state index contributed by atoms with van der Waals surface area (Å²) in [5.74, 6) is 0. The summed E-state index contributed by atoms with van der Waals surface area (Å²) in [5.41, 5.74) is 0.342. The highest BCUT2D eigenvalue weighted by molar-refractivity contribution is 5.70. The number of ether oxygens (including phenoxy) is 2. The fourth-order valence-electron chi connectivity index (χ4n) is 1.60. The summed E-state index contributed by atoms with van der Waals surface area (Å²) in [5, 5.41) is 7.44. The smallest absolute Gasteiger partial charge is 0.171 e. The van der Waals surface area contributed by atoms with Crippen LogP contribution in [0.2, 0.25) is 0 Å². The van der Waals surface area contributed by atoms with Crippen LogP contribution in [-0.4, -0.2) is 40.8 Å². The van der Waals surface area contributed by atoms with E-state index in [9.17, 15) is 4.79 Å². The second-order valence-electron chi connectivity index (χ2n) is 3.69. The number of aromatic nitrogens is 3. The number of rotatable bonds is 5. The lowest BCUT2D eigenvalue weighted by Gasteiger charge is -2.22. The van der Waals surface area contributed by atoms with Crippen LogP contribution in [0.3, 0.4) is 0 Å². The van der Waals surface area contributed by atoms with Crippen LogP contribution in [0.25, 0.3) is 0 Å². The van der Waals surface area contributed by atoms with Crippen LogP contribution in [0.1, 0.15) is 29.8 Å². The normalized spacial score (nSPS) is 20.9. The molecule has 88 valence electrons. The van der Waals surface area contributed by atoms with Crippen molar-refractivity contribution in [2.45, 2.75) is 32.1 Å². The fraction of sp³-hybridized carbons (Fsp3) is 0.700. The third-order valence-electron chi connectivity index (χ3n) is 2.44. The van der Waals surface area contributed by atoms with Crippen LogP contribution < -0.4 is 0 Å². The molecule has 0 N–H and O–H groups in total. The molecule has 0 spiro atoms. The molecule has 0 radical (unpaired) electrons. The number of hydrogen-bond acceptors (Lipinski definition) is 5. The Morgan fingerprint density at radius 3 is 3.25 bits per heavy atom. The Labute approximate surface area is 93.5 Å². The predicted octanol–water partition coefficient (Wildman–Crippen LogP) is 0.634. The second kappa shape index (κ2) is 5.72. The van der Waals surface area contributed by atoms with E-state index in [0.717, 1.165) is 25.9 Å². The molecule has 1 unspecified atom stereocenters. The SMILES string of the molecule is O=Cc1cn(CCOC2CCCCO2)nn1. The highest BCUT2D eigenvalue weighted by Gasteiger charge is 2.13. The van der Waals surface area contributed by atoms with Crippen LogP contribution in [0, 0.1) is 0 Å². The van der Waals surface area contributed by atoms with Gasteiger partial charge in [0, 0.05) is 6.61 Å². The van der Waals surface area contributed by atoms with Gasteiger partial charge >= 0.3 is 0 Å². The highest BCUT2D eigenvalue weighted by Crippen LogP contribution is 2.13. The van der Waals surface area contributed by atoms with Crippen LogP contribution in [0.4, 0.5) is 0 Å². The van der Waals surface area contributed by atoms with E-state index in [2.05, 4.69) is 10.3 Å².